The molecule has 5 heteroatoms. The summed E-state index contributed by atoms with van der Waals surface area (Å²) in [5, 5.41) is 4.26. The summed E-state index contributed by atoms with van der Waals surface area (Å²) in [4.78, 5) is 13.0. The van der Waals surface area contributed by atoms with Gasteiger partial charge in [-0.3, -0.25) is 4.79 Å². The molecule has 200 valence electrons. The molecule has 1 N–H and O–H groups in total. The standard InChI is InChI=1S/C36H30N4O/c1-26-24-31(27(2)39(26)32-16-10-5-11-17-32)25-37-38-36(41)30-18-20-33(21-19-30)40-34(28-12-6-3-7-13-28)22-23-35(40)29-14-8-4-9-15-29/h3-25H,1-2H3,(H,38,41)/b37-25-. The molecule has 0 unspecified atom stereocenters. The van der Waals surface area contributed by atoms with E-state index in [-0.39, 0.29) is 5.91 Å². The second-order valence-electron chi connectivity index (χ2n) is 9.91. The van der Waals surface area contributed by atoms with Gasteiger partial charge in [-0.05, 0) is 79.6 Å². The number of carbonyl (C=O) groups is 1. The number of aryl methyl sites for hydroxylation is 1. The number of hydrogen-bond acceptors (Lipinski definition) is 2. The molecule has 0 spiro atoms. The van der Waals surface area contributed by atoms with E-state index in [1.165, 1.54) is 0 Å². The maximum Gasteiger partial charge on any atom is 0.271 e. The van der Waals surface area contributed by atoms with Crippen molar-refractivity contribution in [3.05, 3.63) is 156 Å². The molecule has 0 aliphatic heterocycles. The minimum absolute atomic E-state index is 0.260. The first-order valence-corrected chi connectivity index (χ1v) is 13.6. The zero-order valence-corrected chi connectivity index (χ0v) is 23.0. The lowest BCUT2D eigenvalue weighted by Crippen LogP contribution is -2.17. The highest BCUT2D eigenvalue weighted by molar-refractivity contribution is 5.95. The Labute approximate surface area is 240 Å². The Morgan fingerprint density at radius 1 is 0.634 bits per heavy atom. The first-order chi connectivity index (χ1) is 20.1. The van der Waals surface area contributed by atoms with E-state index in [1.54, 1.807) is 6.21 Å². The van der Waals surface area contributed by atoms with E-state index in [1.807, 2.05) is 78.9 Å². The number of para-hydroxylation sites is 1. The van der Waals surface area contributed by atoms with Crippen LogP contribution in [-0.4, -0.2) is 21.3 Å². The fraction of sp³-hybridized carbons (Fsp3) is 0.0556. The molecule has 0 aliphatic carbocycles. The molecule has 2 heterocycles. The third-order valence-electron chi connectivity index (χ3n) is 7.26. The Bertz CT molecular complexity index is 1760. The van der Waals surface area contributed by atoms with Gasteiger partial charge in [-0.25, -0.2) is 5.43 Å². The molecule has 0 saturated heterocycles. The van der Waals surface area contributed by atoms with Crippen molar-refractivity contribution < 1.29 is 4.79 Å². The highest BCUT2D eigenvalue weighted by Gasteiger charge is 2.15. The third-order valence-corrected chi connectivity index (χ3v) is 7.26. The number of carbonyl (C=O) groups excluding carboxylic acids is 1. The van der Waals surface area contributed by atoms with Crippen LogP contribution in [0, 0.1) is 13.8 Å². The molecule has 2 aromatic heterocycles. The van der Waals surface area contributed by atoms with Gasteiger partial charge in [0.2, 0.25) is 0 Å². The summed E-state index contributed by atoms with van der Waals surface area (Å²) in [5.41, 5.74) is 12.8. The van der Waals surface area contributed by atoms with Gasteiger partial charge in [-0.1, -0.05) is 78.9 Å². The second-order valence-corrected chi connectivity index (χ2v) is 9.91. The lowest BCUT2D eigenvalue weighted by atomic mass is 10.1. The summed E-state index contributed by atoms with van der Waals surface area (Å²) < 4.78 is 4.41. The van der Waals surface area contributed by atoms with Gasteiger partial charge < -0.3 is 9.13 Å². The molecular weight excluding hydrogens is 504 g/mol. The fourth-order valence-electron chi connectivity index (χ4n) is 5.26. The van der Waals surface area contributed by atoms with Crippen molar-refractivity contribution in [2.45, 2.75) is 13.8 Å². The summed E-state index contributed by atoms with van der Waals surface area (Å²) in [5.74, 6) is -0.260. The first kappa shape index (κ1) is 25.8. The largest absolute Gasteiger partial charge is 0.318 e. The minimum Gasteiger partial charge on any atom is -0.318 e. The number of benzene rings is 4. The lowest BCUT2D eigenvalue weighted by molar-refractivity contribution is 0.0955. The molecular formula is C36H30N4O. The van der Waals surface area contributed by atoms with Gasteiger partial charge >= 0.3 is 0 Å². The normalized spacial score (nSPS) is 11.2. The molecule has 0 radical (unpaired) electrons. The molecule has 0 bridgehead atoms. The van der Waals surface area contributed by atoms with Crippen molar-refractivity contribution in [1.82, 2.24) is 14.6 Å². The maximum atomic E-state index is 13.0. The Morgan fingerprint density at radius 2 is 1.15 bits per heavy atom. The zero-order valence-electron chi connectivity index (χ0n) is 23.0. The summed E-state index contributed by atoms with van der Waals surface area (Å²) >= 11 is 0. The Balaban J connectivity index is 1.24. The Morgan fingerprint density at radius 3 is 1.71 bits per heavy atom. The van der Waals surface area contributed by atoms with Crippen molar-refractivity contribution >= 4 is 12.1 Å². The van der Waals surface area contributed by atoms with Crippen LogP contribution in [0.4, 0.5) is 0 Å². The number of hydrogen-bond donors (Lipinski definition) is 1. The third kappa shape index (κ3) is 5.25. The van der Waals surface area contributed by atoms with E-state index in [0.717, 1.165) is 50.8 Å². The van der Waals surface area contributed by atoms with Gasteiger partial charge in [-0.15, -0.1) is 0 Å². The van der Waals surface area contributed by atoms with Gasteiger partial charge in [0.05, 0.1) is 17.6 Å². The van der Waals surface area contributed by atoms with Crippen molar-refractivity contribution in [3.8, 4) is 33.9 Å². The van der Waals surface area contributed by atoms with E-state index in [9.17, 15) is 4.79 Å². The van der Waals surface area contributed by atoms with Crippen LogP contribution >= 0.6 is 0 Å². The lowest BCUT2D eigenvalue weighted by Gasteiger charge is -2.15. The van der Waals surface area contributed by atoms with Crippen LogP contribution in [0.25, 0.3) is 33.9 Å². The summed E-state index contributed by atoms with van der Waals surface area (Å²) in [6, 6.07) is 44.8. The maximum absolute atomic E-state index is 13.0. The van der Waals surface area contributed by atoms with Crippen LogP contribution in [-0.2, 0) is 0 Å². The molecule has 0 saturated carbocycles. The predicted octanol–water partition coefficient (Wildman–Crippen LogP) is 7.98. The van der Waals surface area contributed by atoms with Gasteiger partial charge in [0.15, 0.2) is 0 Å². The van der Waals surface area contributed by atoms with E-state index in [2.05, 4.69) is 88.1 Å². The average Bonchev–Trinajstić information content (AvgIpc) is 3.59. The highest BCUT2D eigenvalue weighted by Crippen LogP contribution is 2.32. The second kappa shape index (κ2) is 11.4. The highest BCUT2D eigenvalue weighted by atomic mass is 16.2. The van der Waals surface area contributed by atoms with E-state index in [0.29, 0.717) is 5.56 Å². The topological polar surface area (TPSA) is 51.3 Å². The van der Waals surface area contributed by atoms with Crippen molar-refractivity contribution in [1.29, 1.82) is 0 Å². The molecule has 0 fully saturated rings. The van der Waals surface area contributed by atoms with Gasteiger partial charge in [-0.2, -0.15) is 5.10 Å². The van der Waals surface area contributed by atoms with Crippen LogP contribution < -0.4 is 5.43 Å². The quantitative estimate of drug-likeness (QED) is 0.164. The van der Waals surface area contributed by atoms with Crippen molar-refractivity contribution in [3.63, 3.8) is 0 Å². The number of nitrogens with one attached hydrogen (secondary N) is 1. The molecule has 1 amide bonds. The van der Waals surface area contributed by atoms with E-state index in [4.69, 9.17) is 0 Å². The molecule has 5 nitrogen and oxygen atoms in total. The van der Waals surface area contributed by atoms with Gasteiger partial charge in [0.25, 0.3) is 5.91 Å². The average molecular weight is 535 g/mol. The SMILES string of the molecule is Cc1cc(/C=N\NC(=O)c2ccc(-n3c(-c4ccccc4)ccc3-c3ccccc3)cc2)c(C)n1-c1ccccc1. The summed E-state index contributed by atoms with van der Waals surface area (Å²) in [6.45, 7) is 4.12. The summed E-state index contributed by atoms with van der Waals surface area (Å²) in [7, 11) is 0. The Hall–Kier alpha value is -5.42. The molecule has 0 atom stereocenters. The molecule has 6 aromatic rings. The predicted molar refractivity (Wildman–Crippen MR) is 167 cm³/mol. The molecule has 0 aliphatic rings. The Kier molecular flexibility index (Phi) is 7.16. The van der Waals surface area contributed by atoms with Crippen LogP contribution in [0.5, 0.6) is 0 Å². The summed E-state index contributed by atoms with van der Waals surface area (Å²) in [6.07, 6.45) is 1.70. The number of hydrazone groups is 1. The van der Waals surface area contributed by atoms with E-state index < -0.39 is 0 Å². The number of nitrogens with zero attached hydrogens (tertiary/aromatic N) is 3. The van der Waals surface area contributed by atoms with Crippen LogP contribution in [0.3, 0.4) is 0 Å². The smallest absolute Gasteiger partial charge is 0.271 e. The van der Waals surface area contributed by atoms with Crippen molar-refractivity contribution in [2.24, 2.45) is 5.10 Å². The van der Waals surface area contributed by atoms with Gasteiger partial charge in [0, 0.05) is 33.9 Å². The minimum atomic E-state index is -0.260. The number of amides is 1. The molecule has 41 heavy (non-hydrogen) atoms. The van der Waals surface area contributed by atoms with E-state index >= 15 is 0 Å². The first-order valence-electron chi connectivity index (χ1n) is 13.6. The van der Waals surface area contributed by atoms with Crippen LogP contribution in [0.15, 0.2) is 139 Å². The number of rotatable bonds is 7. The molecule has 6 rings (SSSR count). The zero-order chi connectivity index (χ0) is 28.2. The van der Waals surface area contributed by atoms with Gasteiger partial charge in [0.1, 0.15) is 0 Å². The van der Waals surface area contributed by atoms with Crippen molar-refractivity contribution in [2.75, 3.05) is 0 Å². The molecule has 4 aromatic carbocycles. The van der Waals surface area contributed by atoms with Crippen LogP contribution in [0.2, 0.25) is 0 Å². The van der Waals surface area contributed by atoms with Crippen LogP contribution in [0.1, 0.15) is 27.3 Å². The number of aromatic nitrogens is 2. The fourth-order valence-corrected chi connectivity index (χ4v) is 5.26. The monoisotopic (exact) mass is 534 g/mol.